The molecule has 0 bridgehead atoms. The minimum absolute atomic E-state index is 0.0261. The van der Waals surface area contributed by atoms with Crippen molar-refractivity contribution in [3.63, 3.8) is 0 Å². The number of rotatable bonds is 4. The van der Waals surface area contributed by atoms with Crippen LogP contribution in [-0.4, -0.2) is 42.5 Å². The van der Waals surface area contributed by atoms with E-state index in [0.29, 0.717) is 37.3 Å². The van der Waals surface area contributed by atoms with Crippen LogP contribution in [0.5, 0.6) is 0 Å². The Balaban J connectivity index is 1.48. The SMILES string of the molecule is Cc1cc(F)ccc1C1C2CN(c3ccccc3C)CC2CN1C(=O)N(C)C(C)c1cc(C(F)(F)F)cc(C(F)(F)F)c1. The lowest BCUT2D eigenvalue weighted by atomic mass is 9.87. The molecule has 0 aromatic heterocycles. The molecule has 4 atom stereocenters. The molecule has 2 aliphatic heterocycles. The summed E-state index contributed by atoms with van der Waals surface area (Å²) in [6.45, 7) is 6.81. The predicted octanol–water partition coefficient (Wildman–Crippen LogP) is 8.40. The first-order valence-corrected chi connectivity index (χ1v) is 14.0. The van der Waals surface area contributed by atoms with Gasteiger partial charge in [-0.3, -0.25) is 0 Å². The molecule has 0 radical (unpaired) electrons. The first kappa shape index (κ1) is 30.7. The highest BCUT2D eigenvalue weighted by atomic mass is 19.4. The lowest BCUT2D eigenvalue weighted by Gasteiger charge is -2.36. The van der Waals surface area contributed by atoms with Gasteiger partial charge in [-0.15, -0.1) is 0 Å². The highest BCUT2D eigenvalue weighted by molar-refractivity contribution is 5.76. The van der Waals surface area contributed by atoms with Crippen molar-refractivity contribution in [2.45, 2.75) is 45.2 Å². The van der Waals surface area contributed by atoms with Gasteiger partial charge in [-0.1, -0.05) is 24.3 Å². The zero-order valence-corrected chi connectivity index (χ0v) is 24.1. The summed E-state index contributed by atoms with van der Waals surface area (Å²) in [6.07, 6.45) is -10.0. The highest BCUT2D eigenvalue weighted by Crippen LogP contribution is 2.48. The van der Waals surface area contributed by atoms with E-state index in [0.717, 1.165) is 16.8 Å². The Kier molecular flexibility index (Phi) is 7.89. The number of likely N-dealkylation sites (tertiary alicyclic amines) is 1. The molecule has 3 aromatic carbocycles. The Labute approximate surface area is 245 Å². The maximum absolute atomic E-state index is 14.1. The third-order valence-corrected chi connectivity index (χ3v) is 8.89. The summed E-state index contributed by atoms with van der Waals surface area (Å²) >= 11 is 0. The quantitative estimate of drug-likeness (QED) is 0.279. The molecule has 0 N–H and O–H groups in total. The number of benzene rings is 3. The molecule has 43 heavy (non-hydrogen) atoms. The third kappa shape index (κ3) is 5.90. The Morgan fingerprint density at radius 1 is 0.860 bits per heavy atom. The number of anilines is 1. The molecule has 2 heterocycles. The van der Waals surface area contributed by atoms with Crippen LogP contribution in [0.4, 0.5) is 41.2 Å². The van der Waals surface area contributed by atoms with E-state index >= 15 is 0 Å². The Morgan fingerprint density at radius 3 is 2.07 bits per heavy atom. The van der Waals surface area contributed by atoms with Crippen molar-refractivity contribution in [1.29, 1.82) is 0 Å². The molecule has 0 spiro atoms. The number of urea groups is 1. The van der Waals surface area contributed by atoms with Gasteiger partial charge >= 0.3 is 18.4 Å². The second-order valence-electron chi connectivity index (χ2n) is 11.6. The molecule has 0 aliphatic carbocycles. The molecule has 230 valence electrons. The molecule has 3 aromatic rings. The van der Waals surface area contributed by atoms with Crippen molar-refractivity contribution in [1.82, 2.24) is 9.80 Å². The molecule has 11 heteroatoms. The number of carbonyl (C=O) groups excluding carboxylic acids is 1. The highest BCUT2D eigenvalue weighted by Gasteiger charge is 2.50. The summed E-state index contributed by atoms with van der Waals surface area (Å²) in [7, 11) is 1.38. The number of aryl methyl sites for hydroxylation is 2. The molecule has 5 rings (SSSR count). The van der Waals surface area contributed by atoms with E-state index in [9.17, 15) is 35.5 Å². The average Bonchev–Trinajstić information content (AvgIpc) is 3.49. The fourth-order valence-corrected chi connectivity index (χ4v) is 6.54. The van der Waals surface area contributed by atoms with Crippen LogP contribution in [0.15, 0.2) is 60.7 Å². The van der Waals surface area contributed by atoms with Crippen molar-refractivity contribution in [3.05, 3.63) is 99.9 Å². The largest absolute Gasteiger partial charge is 0.416 e. The molecule has 4 unspecified atom stereocenters. The number of alkyl halides is 6. The van der Waals surface area contributed by atoms with Crippen molar-refractivity contribution >= 4 is 11.7 Å². The fourth-order valence-electron chi connectivity index (χ4n) is 6.54. The van der Waals surface area contributed by atoms with E-state index in [1.54, 1.807) is 17.9 Å². The smallest absolute Gasteiger partial charge is 0.371 e. The van der Waals surface area contributed by atoms with Crippen LogP contribution >= 0.6 is 0 Å². The van der Waals surface area contributed by atoms with Crippen molar-refractivity contribution in [2.75, 3.05) is 31.6 Å². The number of carbonyl (C=O) groups is 1. The van der Waals surface area contributed by atoms with E-state index in [4.69, 9.17) is 0 Å². The Hall–Kier alpha value is -3.76. The van der Waals surface area contributed by atoms with Gasteiger partial charge in [0.2, 0.25) is 0 Å². The van der Waals surface area contributed by atoms with Gasteiger partial charge in [-0.25, -0.2) is 9.18 Å². The van der Waals surface area contributed by atoms with E-state index in [1.165, 1.54) is 31.0 Å². The number of fused-ring (bicyclic) bond motifs is 1. The average molecular weight is 608 g/mol. The van der Waals surface area contributed by atoms with Gasteiger partial charge in [0.05, 0.1) is 23.2 Å². The molecule has 4 nitrogen and oxygen atoms in total. The Bertz CT molecular complexity index is 1490. The summed E-state index contributed by atoms with van der Waals surface area (Å²) in [5, 5.41) is 0. The van der Waals surface area contributed by atoms with Crippen molar-refractivity contribution in [2.24, 2.45) is 11.8 Å². The van der Waals surface area contributed by atoms with Crippen LogP contribution in [0.3, 0.4) is 0 Å². The number of nitrogens with zero attached hydrogens (tertiary/aromatic N) is 3. The lowest BCUT2D eigenvalue weighted by Crippen LogP contribution is -2.44. The van der Waals surface area contributed by atoms with Crippen LogP contribution in [0, 0.1) is 31.5 Å². The molecular formula is C32H32F7N3O. The molecule has 2 aliphatic rings. The van der Waals surface area contributed by atoms with Crippen LogP contribution in [-0.2, 0) is 12.4 Å². The number of halogens is 7. The predicted molar refractivity (Wildman–Crippen MR) is 149 cm³/mol. The minimum atomic E-state index is -5.00. The van der Waals surface area contributed by atoms with Gasteiger partial charge in [0, 0.05) is 44.2 Å². The summed E-state index contributed by atoms with van der Waals surface area (Å²) in [6, 6.07) is 11.7. The lowest BCUT2D eigenvalue weighted by molar-refractivity contribution is -0.143. The van der Waals surface area contributed by atoms with E-state index in [2.05, 4.69) is 4.90 Å². The van der Waals surface area contributed by atoms with Gasteiger partial charge in [-0.05, 0) is 79.4 Å². The topological polar surface area (TPSA) is 26.8 Å². The van der Waals surface area contributed by atoms with Gasteiger partial charge in [0.25, 0.3) is 0 Å². The van der Waals surface area contributed by atoms with Crippen LogP contribution in [0.2, 0.25) is 0 Å². The first-order chi connectivity index (χ1) is 20.1. The molecule has 2 fully saturated rings. The second kappa shape index (κ2) is 11.1. The van der Waals surface area contributed by atoms with Gasteiger partial charge in [0.15, 0.2) is 0 Å². The minimum Gasteiger partial charge on any atom is -0.371 e. The number of hydrogen-bond donors (Lipinski definition) is 0. The van der Waals surface area contributed by atoms with Gasteiger partial charge in [0.1, 0.15) is 5.82 Å². The molecule has 2 amide bonds. The number of hydrogen-bond acceptors (Lipinski definition) is 2. The summed E-state index contributed by atoms with van der Waals surface area (Å²) in [4.78, 5) is 19.1. The zero-order valence-electron chi connectivity index (χ0n) is 24.1. The van der Waals surface area contributed by atoms with Gasteiger partial charge < -0.3 is 14.7 Å². The normalized spacial score (nSPS) is 21.2. The number of para-hydroxylation sites is 1. The van der Waals surface area contributed by atoms with Crippen LogP contribution in [0.1, 0.15) is 52.4 Å². The van der Waals surface area contributed by atoms with E-state index < -0.39 is 47.4 Å². The fraction of sp³-hybridized carbons (Fsp3) is 0.406. The van der Waals surface area contributed by atoms with Crippen molar-refractivity contribution in [3.8, 4) is 0 Å². The summed E-state index contributed by atoms with van der Waals surface area (Å²) in [5.74, 6) is -0.397. The first-order valence-electron chi connectivity index (χ1n) is 14.0. The summed E-state index contributed by atoms with van der Waals surface area (Å²) in [5.41, 5.74) is 0.457. The standard InChI is InChI=1S/C32H32F7N3O/c1-18-7-5-6-8-28(18)41-15-22-16-42(29(27(22)17-41)26-10-9-25(33)11-19(26)2)30(43)40(4)20(3)21-12-23(31(34,35)36)14-24(13-21)32(37,38)39/h5-14,20,22,27,29H,15-17H2,1-4H3. The van der Waals surface area contributed by atoms with Crippen LogP contribution < -0.4 is 4.90 Å². The molecular weight excluding hydrogens is 575 g/mol. The zero-order chi connectivity index (χ0) is 31.4. The summed E-state index contributed by atoms with van der Waals surface area (Å²) < 4.78 is 95.3. The van der Waals surface area contributed by atoms with Crippen molar-refractivity contribution < 1.29 is 35.5 Å². The van der Waals surface area contributed by atoms with Crippen LogP contribution in [0.25, 0.3) is 0 Å². The molecule has 0 saturated carbocycles. The molecule has 2 saturated heterocycles. The second-order valence-corrected chi connectivity index (χ2v) is 11.6. The Morgan fingerprint density at radius 2 is 1.49 bits per heavy atom. The van der Waals surface area contributed by atoms with Gasteiger partial charge in [-0.2, -0.15) is 26.3 Å². The number of amides is 2. The monoisotopic (exact) mass is 607 g/mol. The maximum atomic E-state index is 14.1. The maximum Gasteiger partial charge on any atom is 0.416 e. The third-order valence-electron chi connectivity index (χ3n) is 8.89. The van der Waals surface area contributed by atoms with E-state index in [1.807, 2.05) is 31.2 Å². The van der Waals surface area contributed by atoms with E-state index in [-0.39, 0.29) is 23.5 Å².